The van der Waals surface area contributed by atoms with Crippen LogP contribution in [-0.2, 0) is 0 Å². The Hall–Kier alpha value is -1.38. The maximum Gasteiger partial charge on any atom is 0.121 e. The van der Waals surface area contributed by atoms with Crippen molar-refractivity contribution in [2.24, 2.45) is 0 Å². The van der Waals surface area contributed by atoms with E-state index in [0.717, 1.165) is 30.2 Å². The first-order valence-electron chi connectivity index (χ1n) is 5.50. The monoisotopic (exact) mass is 208 g/mol. The van der Waals surface area contributed by atoms with Crippen LogP contribution in [0.5, 0.6) is 5.75 Å². The first-order chi connectivity index (χ1) is 7.22. The summed E-state index contributed by atoms with van der Waals surface area (Å²) in [7, 11) is 0. The normalized spacial score (nSPS) is 10.1. The molecule has 1 aromatic carbocycles. The van der Waals surface area contributed by atoms with Crippen molar-refractivity contribution in [2.75, 3.05) is 30.3 Å². The van der Waals surface area contributed by atoms with E-state index in [-0.39, 0.29) is 0 Å². The van der Waals surface area contributed by atoms with Gasteiger partial charge >= 0.3 is 0 Å². The van der Waals surface area contributed by atoms with Crippen LogP contribution in [0.15, 0.2) is 18.2 Å². The Kier molecular flexibility index (Phi) is 4.28. The summed E-state index contributed by atoms with van der Waals surface area (Å²) in [6, 6.07) is 5.82. The van der Waals surface area contributed by atoms with Gasteiger partial charge in [0, 0.05) is 19.2 Å². The first kappa shape index (κ1) is 11.7. The zero-order valence-electron chi connectivity index (χ0n) is 9.79. The highest BCUT2D eigenvalue weighted by Crippen LogP contribution is 2.27. The summed E-state index contributed by atoms with van der Waals surface area (Å²) in [5.41, 5.74) is 7.81. The summed E-state index contributed by atoms with van der Waals surface area (Å²) in [6.45, 7) is 8.81. The standard InChI is InChI=1S/C12H20N2O/c1-4-14(5-2)12-9-10(15-6-3)7-8-11(12)13/h7-9H,4-6,13H2,1-3H3. The molecule has 84 valence electrons. The second kappa shape index (κ2) is 5.49. The number of anilines is 2. The molecule has 2 N–H and O–H groups in total. The highest BCUT2D eigenvalue weighted by Gasteiger charge is 2.07. The third-order valence-corrected chi connectivity index (χ3v) is 2.42. The second-order valence-electron chi connectivity index (χ2n) is 3.33. The van der Waals surface area contributed by atoms with Gasteiger partial charge in [0.1, 0.15) is 5.75 Å². The van der Waals surface area contributed by atoms with Gasteiger partial charge in [-0.05, 0) is 32.9 Å². The van der Waals surface area contributed by atoms with E-state index in [1.54, 1.807) is 0 Å². The molecule has 0 fully saturated rings. The summed E-state index contributed by atoms with van der Waals surface area (Å²) in [5.74, 6) is 0.883. The minimum Gasteiger partial charge on any atom is -0.494 e. The van der Waals surface area contributed by atoms with E-state index >= 15 is 0 Å². The van der Waals surface area contributed by atoms with Crippen LogP contribution in [0.2, 0.25) is 0 Å². The van der Waals surface area contributed by atoms with Crippen molar-refractivity contribution in [2.45, 2.75) is 20.8 Å². The number of rotatable bonds is 5. The Morgan fingerprint density at radius 3 is 2.40 bits per heavy atom. The van der Waals surface area contributed by atoms with Crippen molar-refractivity contribution >= 4 is 11.4 Å². The number of nitrogen functional groups attached to an aromatic ring is 1. The van der Waals surface area contributed by atoms with Crippen LogP contribution in [0.3, 0.4) is 0 Å². The Morgan fingerprint density at radius 2 is 1.87 bits per heavy atom. The number of nitrogens with two attached hydrogens (primary N) is 1. The maximum atomic E-state index is 5.94. The van der Waals surface area contributed by atoms with Crippen LogP contribution in [0.25, 0.3) is 0 Å². The fourth-order valence-corrected chi connectivity index (χ4v) is 1.62. The molecule has 0 bridgehead atoms. The molecule has 0 aromatic heterocycles. The predicted molar refractivity (Wildman–Crippen MR) is 65.6 cm³/mol. The lowest BCUT2D eigenvalue weighted by atomic mass is 10.2. The molecule has 0 aliphatic rings. The van der Waals surface area contributed by atoms with Crippen LogP contribution >= 0.6 is 0 Å². The van der Waals surface area contributed by atoms with Crippen LogP contribution in [0.1, 0.15) is 20.8 Å². The molecule has 0 saturated carbocycles. The van der Waals surface area contributed by atoms with Gasteiger partial charge in [-0.15, -0.1) is 0 Å². The van der Waals surface area contributed by atoms with E-state index in [1.807, 2.05) is 25.1 Å². The van der Waals surface area contributed by atoms with E-state index in [2.05, 4.69) is 18.7 Å². The summed E-state index contributed by atoms with van der Waals surface area (Å²) < 4.78 is 5.46. The minimum atomic E-state index is 0.682. The van der Waals surface area contributed by atoms with Crippen LogP contribution < -0.4 is 15.4 Å². The fourth-order valence-electron chi connectivity index (χ4n) is 1.62. The maximum absolute atomic E-state index is 5.94. The lowest BCUT2D eigenvalue weighted by Gasteiger charge is -2.23. The van der Waals surface area contributed by atoms with Gasteiger partial charge in [-0.1, -0.05) is 0 Å². The van der Waals surface area contributed by atoms with Crippen molar-refractivity contribution < 1.29 is 4.74 Å². The van der Waals surface area contributed by atoms with Gasteiger partial charge in [0.05, 0.1) is 18.0 Å². The van der Waals surface area contributed by atoms with Gasteiger partial charge in [0.15, 0.2) is 0 Å². The largest absolute Gasteiger partial charge is 0.494 e. The molecule has 0 saturated heterocycles. The molecular formula is C12H20N2O. The third kappa shape index (κ3) is 2.78. The van der Waals surface area contributed by atoms with Gasteiger partial charge in [-0.2, -0.15) is 0 Å². The van der Waals surface area contributed by atoms with Crippen molar-refractivity contribution in [1.82, 2.24) is 0 Å². The van der Waals surface area contributed by atoms with E-state index in [0.29, 0.717) is 6.61 Å². The van der Waals surface area contributed by atoms with Gasteiger partial charge in [-0.25, -0.2) is 0 Å². The summed E-state index contributed by atoms with van der Waals surface area (Å²) in [4.78, 5) is 2.22. The lowest BCUT2D eigenvalue weighted by Crippen LogP contribution is -2.22. The fraction of sp³-hybridized carbons (Fsp3) is 0.500. The molecule has 0 atom stereocenters. The number of benzene rings is 1. The SMILES string of the molecule is CCOc1ccc(N)c(N(CC)CC)c1. The number of ether oxygens (including phenoxy) is 1. The lowest BCUT2D eigenvalue weighted by molar-refractivity contribution is 0.340. The van der Waals surface area contributed by atoms with E-state index < -0.39 is 0 Å². The van der Waals surface area contributed by atoms with Crippen LogP contribution in [0.4, 0.5) is 11.4 Å². The molecule has 0 aliphatic carbocycles. The third-order valence-electron chi connectivity index (χ3n) is 2.42. The summed E-state index contributed by atoms with van der Waals surface area (Å²) in [6.07, 6.45) is 0. The number of hydrogen-bond acceptors (Lipinski definition) is 3. The quantitative estimate of drug-likeness (QED) is 0.756. The molecule has 0 unspecified atom stereocenters. The summed E-state index contributed by atoms with van der Waals surface area (Å²) in [5, 5.41) is 0. The highest BCUT2D eigenvalue weighted by atomic mass is 16.5. The van der Waals surface area contributed by atoms with Gasteiger partial charge in [-0.3, -0.25) is 0 Å². The molecule has 0 spiro atoms. The Labute approximate surface area is 91.8 Å². The molecule has 1 aromatic rings. The van der Waals surface area contributed by atoms with Crippen LogP contribution in [0, 0.1) is 0 Å². The molecule has 0 aliphatic heterocycles. The summed E-state index contributed by atoms with van der Waals surface area (Å²) >= 11 is 0. The minimum absolute atomic E-state index is 0.682. The van der Waals surface area contributed by atoms with Crippen molar-refractivity contribution in [3.05, 3.63) is 18.2 Å². The van der Waals surface area contributed by atoms with Crippen molar-refractivity contribution in [3.63, 3.8) is 0 Å². The molecule has 0 amide bonds. The van der Waals surface area contributed by atoms with Crippen molar-refractivity contribution in [1.29, 1.82) is 0 Å². The number of hydrogen-bond donors (Lipinski definition) is 1. The highest BCUT2D eigenvalue weighted by molar-refractivity contribution is 5.69. The van der Waals surface area contributed by atoms with E-state index in [1.165, 1.54) is 0 Å². The average Bonchev–Trinajstić information content (AvgIpc) is 2.24. The van der Waals surface area contributed by atoms with E-state index in [9.17, 15) is 0 Å². The molecule has 0 radical (unpaired) electrons. The zero-order valence-corrected chi connectivity index (χ0v) is 9.79. The Bertz CT molecular complexity index is 308. The second-order valence-corrected chi connectivity index (χ2v) is 3.33. The van der Waals surface area contributed by atoms with Crippen LogP contribution in [-0.4, -0.2) is 19.7 Å². The first-order valence-corrected chi connectivity index (χ1v) is 5.50. The molecular weight excluding hydrogens is 188 g/mol. The number of nitrogens with zero attached hydrogens (tertiary/aromatic N) is 1. The molecule has 3 heteroatoms. The zero-order chi connectivity index (χ0) is 11.3. The molecule has 3 nitrogen and oxygen atoms in total. The predicted octanol–water partition coefficient (Wildman–Crippen LogP) is 2.51. The van der Waals surface area contributed by atoms with Crippen molar-refractivity contribution in [3.8, 4) is 5.75 Å². The van der Waals surface area contributed by atoms with Gasteiger partial charge < -0.3 is 15.4 Å². The Balaban J connectivity index is 2.98. The average molecular weight is 208 g/mol. The van der Waals surface area contributed by atoms with Gasteiger partial charge in [0.25, 0.3) is 0 Å². The molecule has 1 rings (SSSR count). The van der Waals surface area contributed by atoms with E-state index in [4.69, 9.17) is 10.5 Å². The molecule has 15 heavy (non-hydrogen) atoms. The van der Waals surface area contributed by atoms with Gasteiger partial charge in [0.2, 0.25) is 0 Å². The smallest absolute Gasteiger partial charge is 0.121 e. The Morgan fingerprint density at radius 1 is 1.20 bits per heavy atom. The molecule has 0 heterocycles. The topological polar surface area (TPSA) is 38.5 Å².